The molecule has 1 aromatic rings. The summed E-state index contributed by atoms with van der Waals surface area (Å²) in [6.45, 7) is 3.77. The van der Waals surface area contributed by atoms with Gasteiger partial charge in [0, 0.05) is 12.1 Å². The number of rotatable bonds is 15. The van der Waals surface area contributed by atoms with E-state index in [1.807, 2.05) is 0 Å². The summed E-state index contributed by atoms with van der Waals surface area (Å²) in [6, 6.07) is 5.79. The van der Waals surface area contributed by atoms with Gasteiger partial charge in [0.25, 0.3) is 5.69 Å². The third kappa shape index (κ3) is 10.6. The fourth-order valence-electron chi connectivity index (χ4n) is 3.03. The first kappa shape index (κ1) is 24.5. The maximum Gasteiger partial charge on any atom is 0.341 e. The second kappa shape index (κ2) is 14.5. The van der Waals surface area contributed by atoms with Crippen LogP contribution >= 0.6 is 0 Å². The van der Waals surface area contributed by atoms with Gasteiger partial charge in [0.05, 0.1) is 11.5 Å². The third-order valence-electron chi connectivity index (χ3n) is 4.72. The molecule has 0 radical (unpaired) electrons. The zero-order valence-corrected chi connectivity index (χ0v) is 17.7. The van der Waals surface area contributed by atoms with Gasteiger partial charge in [-0.25, -0.2) is 4.79 Å². The van der Waals surface area contributed by atoms with Crippen LogP contribution in [0.15, 0.2) is 29.8 Å². The Labute approximate surface area is 173 Å². The normalized spacial score (nSPS) is 11.3. The number of carbonyl (C=O) groups is 2. The van der Waals surface area contributed by atoms with Crippen molar-refractivity contribution in [3.63, 3.8) is 0 Å². The van der Waals surface area contributed by atoms with E-state index in [-0.39, 0.29) is 17.9 Å². The van der Waals surface area contributed by atoms with E-state index in [2.05, 4.69) is 6.92 Å². The Morgan fingerprint density at radius 2 is 1.59 bits per heavy atom. The largest absolute Gasteiger partial charge is 0.462 e. The van der Waals surface area contributed by atoms with Crippen LogP contribution in [-0.4, -0.2) is 23.3 Å². The van der Waals surface area contributed by atoms with E-state index < -0.39 is 16.7 Å². The molecule has 0 aromatic heterocycles. The van der Waals surface area contributed by atoms with Gasteiger partial charge in [-0.2, -0.15) is 0 Å². The first-order valence-electron chi connectivity index (χ1n) is 10.6. The topological polar surface area (TPSA) is 86.5 Å². The van der Waals surface area contributed by atoms with Crippen LogP contribution in [0.1, 0.15) is 83.6 Å². The Bertz CT molecular complexity index is 696. The van der Waals surface area contributed by atoms with Gasteiger partial charge >= 0.3 is 5.97 Å². The Hall–Kier alpha value is -2.50. The molecule has 1 aromatic carbocycles. The van der Waals surface area contributed by atoms with Gasteiger partial charge in [-0.1, -0.05) is 76.8 Å². The predicted octanol–water partition coefficient (Wildman–Crippen LogP) is 6.03. The van der Waals surface area contributed by atoms with Crippen molar-refractivity contribution in [2.75, 3.05) is 6.61 Å². The van der Waals surface area contributed by atoms with E-state index >= 15 is 0 Å². The number of hydrogen-bond acceptors (Lipinski definition) is 5. The van der Waals surface area contributed by atoms with Crippen molar-refractivity contribution in [3.05, 3.63) is 45.5 Å². The summed E-state index contributed by atoms with van der Waals surface area (Å²) in [7, 11) is 0. The molecule has 1 rings (SSSR count). The zero-order valence-electron chi connectivity index (χ0n) is 17.7. The van der Waals surface area contributed by atoms with Crippen molar-refractivity contribution < 1.29 is 19.2 Å². The number of hydrogen-bond donors (Lipinski definition) is 0. The lowest BCUT2D eigenvalue weighted by Gasteiger charge is -2.07. The quantitative estimate of drug-likeness (QED) is 0.0678. The molecule has 0 bridgehead atoms. The maximum atomic E-state index is 12.2. The van der Waals surface area contributed by atoms with E-state index in [1.54, 1.807) is 6.07 Å². The summed E-state index contributed by atoms with van der Waals surface area (Å²) in [4.78, 5) is 34.4. The summed E-state index contributed by atoms with van der Waals surface area (Å²) in [5, 5.41) is 10.9. The number of carbonyl (C=O) groups excluding carboxylic acids is 2. The second-order valence-electron chi connectivity index (χ2n) is 7.28. The molecule has 0 aliphatic heterocycles. The molecule has 0 saturated carbocycles. The fourth-order valence-corrected chi connectivity index (χ4v) is 3.03. The van der Waals surface area contributed by atoms with Crippen molar-refractivity contribution >= 4 is 23.5 Å². The zero-order chi connectivity index (χ0) is 21.5. The summed E-state index contributed by atoms with van der Waals surface area (Å²) in [6.07, 6.45) is 13.2. The summed E-state index contributed by atoms with van der Waals surface area (Å²) in [5.74, 6) is -1.11. The Balaban J connectivity index is 2.36. The molecule has 6 nitrogen and oxygen atoms in total. The SMILES string of the molecule is CCCCCCCCCCCCOC(=O)/C(=C/c1cccc([N+](=O)[O-])c1)C(C)=O. The number of nitrogens with zero attached hydrogens (tertiary/aromatic N) is 1. The van der Waals surface area contributed by atoms with Crippen LogP contribution in [0.2, 0.25) is 0 Å². The highest BCUT2D eigenvalue weighted by Gasteiger charge is 2.16. The van der Waals surface area contributed by atoms with E-state index in [0.717, 1.165) is 19.3 Å². The van der Waals surface area contributed by atoms with Crippen LogP contribution in [0.25, 0.3) is 6.08 Å². The number of nitro groups is 1. The number of Topliss-reactive ketones (excluding diaryl/α,β-unsaturated/α-hetero) is 1. The molecular weight excluding hydrogens is 370 g/mol. The number of esters is 1. The van der Waals surface area contributed by atoms with Crippen LogP contribution in [0.3, 0.4) is 0 Å². The van der Waals surface area contributed by atoms with Gasteiger partial charge in [-0.3, -0.25) is 14.9 Å². The molecule has 0 spiro atoms. The number of ketones is 1. The van der Waals surface area contributed by atoms with Crippen molar-refractivity contribution in [1.29, 1.82) is 0 Å². The molecule has 0 N–H and O–H groups in total. The summed E-state index contributed by atoms with van der Waals surface area (Å²) >= 11 is 0. The molecule has 29 heavy (non-hydrogen) atoms. The molecule has 0 saturated heterocycles. The average Bonchev–Trinajstić information content (AvgIpc) is 2.70. The monoisotopic (exact) mass is 403 g/mol. The minimum atomic E-state index is -0.681. The van der Waals surface area contributed by atoms with Gasteiger partial charge in [0.1, 0.15) is 5.57 Å². The molecule has 0 heterocycles. The molecule has 0 fully saturated rings. The first-order chi connectivity index (χ1) is 14.0. The average molecular weight is 404 g/mol. The fraction of sp³-hybridized carbons (Fsp3) is 0.565. The van der Waals surface area contributed by atoms with Crippen LogP contribution in [0.4, 0.5) is 5.69 Å². The molecule has 0 unspecified atom stereocenters. The maximum absolute atomic E-state index is 12.2. The standard InChI is InChI=1S/C23H33NO5/c1-3-4-5-6-7-8-9-10-11-12-16-29-23(26)22(19(2)25)18-20-14-13-15-21(17-20)24(27)28/h13-15,17-18H,3-12,16H2,1-2H3/b22-18+. The molecule has 0 atom stereocenters. The number of ether oxygens (including phenoxy) is 1. The second-order valence-corrected chi connectivity index (χ2v) is 7.28. The number of unbranched alkanes of at least 4 members (excludes halogenated alkanes) is 9. The van der Waals surface area contributed by atoms with Crippen LogP contribution in [0, 0.1) is 10.1 Å². The molecule has 0 aliphatic carbocycles. The Morgan fingerprint density at radius 1 is 1.00 bits per heavy atom. The van der Waals surface area contributed by atoms with E-state index in [1.165, 1.54) is 76.1 Å². The molecule has 0 aliphatic rings. The number of benzene rings is 1. The van der Waals surface area contributed by atoms with E-state index in [0.29, 0.717) is 5.56 Å². The highest BCUT2D eigenvalue weighted by atomic mass is 16.6. The van der Waals surface area contributed by atoms with Crippen molar-refractivity contribution in [2.45, 2.75) is 78.1 Å². The van der Waals surface area contributed by atoms with Gasteiger partial charge in [-0.05, 0) is 25.0 Å². The Morgan fingerprint density at radius 3 is 2.14 bits per heavy atom. The van der Waals surface area contributed by atoms with Crippen molar-refractivity contribution in [1.82, 2.24) is 0 Å². The minimum Gasteiger partial charge on any atom is -0.462 e. The van der Waals surface area contributed by atoms with Crippen LogP contribution in [0.5, 0.6) is 0 Å². The van der Waals surface area contributed by atoms with Gasteiger partial charge < -0.3 is 4.74 Å². The number of non-ortho nitro benzene ring substituents is 1. The molecule has 160 valence electrons. The molecule has 0 amide bonds. The summed E-state index contributed by atoms with van der Waals surface area (Å²) < 4.78 is 5.23. The first-order valence-corrected chi connectivity index (χ1v) is 10.6. The van der Waals surface area contributed by atoms with Gasteiger partial charge in [0.2, 0.25) is 0 Å². The highest BCUT2D eigenvalue weighted by Crippen LogP contribution is 2.17. The van der Waals surface area contributed by atoms with Crippen LogP contribution in [-0.2, 0) is 14.3 Å². The lowest BCUT2D eigenvalue weighted by Crippen LogP contribution is -2.14. The van der Waals surface area contributed by atoms with E-state index in [4.69, 9.17) is 4.74 Å². The third-order valence-corrected chi connectivity index (χ3v) is 4.72. The van der Waals surface area contributed by atoms with Gasteiger partial charge in [0.15, 0.2) is 5.78 Å². The lowest BCUT2D eigenvalue weighted by molar-refractivity contribution is -0.384. The predicted molar refractivity (Wildman–Crippen MR) is 115 cm³/mol. The summed E-state index contributed by atoms with van der Waals surface area (Å²) in [5.41, 5.74) is 0.221. The molecule has 6 heteroatoms. The lowest BCUT2D eigenvalue weighted by atomic mass is 10.1. The highest BCUT2D eigenvalue weighted by molar-refractivity contribution is 6.19. The van der Waals surface area contributed by atoms with Crippen LogP contribution < -0.4 is 0 Å². The van der Waals surface area contributed by atoms with E-state index in [9.17, 15) is 19.7 Å². The van der Waals surface area contributed by atoms with Gasteiger partial charge in [-0.15, -0.1) is 0 Å². The molecular formula is C23H33NO5. The van der Waals surface area contributed by atoms with Crippen molar-refractivity contribution in [3.8, 4) is 0 Å². The Kier molecular flexibility index (Phi) is 12.3. The van der Waals surface area contributed by atoms with Crippen molar-refractivity contribution in [2.24, 2.45) is 0 Å². The minimum absolute atomic E-state index is 0.0969. The smallest absolute Gasteiger partial charge is 0.341 e. The number of nitro benzene ring substituents is 1.